The smallest absolute Gasteiger partial charge is 0.176 e. The molecule has 14 heavy (non-hydrogen) atoms. The van der Waals surface area contributed by atoms with Crippen LogP contribution in [0.1, 0.15) is 11.1 Å². The summed E-state index contributed by atoms with van der Waals surface area (Å²) in [6.45, 7) is 3.36. The van der Waals surface area contributed by atoms with Crippen molar-refractivity contribution in [3.63, 3.8) is 0 Å². The minimum atomic E-state index is -3.27. The van der Waals surface area contributed by atoms with Gasteiger partial charge in [0.2, 0.25) is 0 Å². The van der Waals surface area contributed by atoms with E-state index in [0.717, 1.165) is 6.26 Å². The molecule has 1 aromatic rings. The van der Waals surface area contributed by atoms with Gasteiger partial charge in [-0.15, -0.1) is 0 Å². The molecule has 0 saturated carbocycles. The summed E-state index contributed by atoms with van der Waals surface area (Å²) in [6, 6.07) is 1.58. The molecular formula is C9H14N2O2S. The van der Waals surface area contributed by atoms with Crippen molar-refractivity contribution in [3.05, 3.63) is 17.2 Å². The fraction of sp³-hybridized carbons (Fsp3) is 0.333. The van der Waals surface area contributed by atoms with Crippen molar-refractivity contribution in [2.75, 3.05) is 17.7 Å². The minimum Gasteiger partial charge on any atom is -0.398 e. The quantitative estimate of drug-likeness (QED) is 0.679. The van der Waals surface area contributed by atoms with E-state index < -0.39 is 9.84 Å². The molecule has 1 rings (SSSR count). The lowest BCUT2D eigenvalue weighted by Gasteiger charge is -2.12. The van der Waals surface area contributed by atoms with Gasteiger partial charge in [-0.1, -0.05) is 0 Å². The second-order valence-electron chi connectivity index (χ2n) is 3.41. The SMILES string of the molecule is Cc1c(N)cc(N)c(C)c1S(C)(=O)=O. The topological polar surface area (TPSA) is 86.2 Å². The molecule has 5 heteroatoms. The predicted octanol–water partition coefficient (Wildman–Crippen LogP) is 0.871. The molecule has 1 aromatic carbocycles. The molecule has 4 nitrogen and oxygen atoms in total. The molecule has 0 aromatic heterocycles. The molecule has 0 heterocycles. The molecular weight excluding hydrogens is 200 g/mol. The average molecular weight is 214 g/mol. The molecule has 0 fully saturated rings. The molecule has 0 saturated heterocycles. The maximum Gasteiger partial charge on any atom is 0.176 e. The molecule has 0 amide bonds. The number of hydrogen-bond donors (Lipinski definition) is 2. The molecule has 0 atom stereocenters. The number of rotatable bonds is 1. The minimum absolute atomic E-state index is 0.245. The number of hydrogen-bond acceptors (Lipinski definition) is 4. The van der Waals surface area contributed by atoms with E-state index in [1.165, 1.54) is 0 Å². The van der Waals surface area contributed by atoms with Crippen molar-refractivity contribution in [2.45, 2.75) is 18.7 Å². The van der Waals surface area contributed by atoms with Crippen LogP contribution in [0, 0.1) is 13.8 Å². The van der Waals surface area contributed by atoms with Crippen LogP contribution < -0.4 is 11.5 Å². The highest BCUT2D eigenvalue weighted by atomic mass is 32.2. The van der Waals surface area contributed by atoms with Crippen molar-refractivity contribution >= 4 is 21.2 Å². The van der Waals surface area contributed by atoms with Crippen molar-refractivity contribution < 1.29 is 8.42 Å². The monoisotopic (exact) mass is 214 g/mol. The molecule has 0 aliphatic heterocycles. The molecule has 0 aliphatic rings. The summed E-state index contributed by atoms with van der Waals surface area (Å²) >= 11 is 0. The van der Waals surface area contributed by atoms with Crippen LogP contribution >= 0.6 is 0 Å². The maximum absolute atomic E-state index is 11.5. The Hall–Kier alpha value is -1.23. The third kappa shape index (κ3) is 1.68. The third-order valence-corrected chi connectivity index (χ3v) is 3.58. The second-order valence-corrected chi connectivity index (χ2v) is 5.36. The standard InChI is InChI=1S/C9H14N2O2S/c1-5-7(10)4-8(11)6(2)9(5)14(3,12)13/h4H,10-11H2,1-3H3. The normalized spacial score (nSPS) is 11.6. The van der Waals surface area contributed by atoms with E-state index in [1.54, 1.807) is 19.9 Å². The summed E-state index contributed by atoms with van der Waals surface area (Å²) in [5.41, 5.74) is 13.2. The highest BCUT2D eigenvalue weighted by Crippen LogP contribution is 2.29. The lowest BCUT2D eigenvalue weighted by molar-refractivity contribution is 0.601. The lowest BCUT2D eigenvalue weighted by atomic mass is 10.1. The van der Waals surface area contributed by atoms with Crippen LogP contribution in [0.3, 0.4) is 0 Å². The van der Waals surface area contributed by atoms with Gasteiger partial charge in [0.1, 0.15) is 0 Å². The molecule has 0 unspecified atom stereocenters. The van der Waals surface area contributed by atoms with Crippen LogP contribution in [0.15, 0.2) is 11.0 Å². The van der Waals surface area contributed by atoms with E-state index >= 15 is 0 Å². The number of nitrogen functional groups attached to an aromatic ring is 2. The third-order valence-electron chi connectivity index (χ3n) is 2.23. The Kier molecular flexibility index (Phi) is 2.45. The first-order chi connectivity index (χ1) is 6.25. The fourth-order valence-corrected chi connectivity index (χ4v) is 2.83. The Bertz CT molecular complexity index is 452. The second kappa shape index (κ2) is 3.16. The number of nitrogens with two attached hydrogens (primary N) is 2. The molecule has 0 spiro atoms. The van der Waals surface area contributed by atoms with Crippen molar-refractivity contribution in [2.24, 2.45) is 0 Å². The number of anilines is 2. The van der Waals surface area contributed by atoms with E-state index in [4.69, 9.17) is 11.5 Å². The summed E-state index contributed by atoms with van der Waals surface area (Å²) in [6.07, 6.45) is 1.15. The van der Waals surface area contributed by atoms with E-state index in [-0.39, 0.29) is 4.90 Å². The zero-order valence-corrected chi connectivity index (χ0v) is 9.27. The lowest BCUT2D eigenvalue weighted by Crippen LogP contribution is -2.08. The van der Waals surface area contributed by atoms with E-state index in [2.05, 4.69) is 0 Å². The van der Waals surface area contributed by atoms with Crippen LogP contribution in [0.5, 0.6) is 0 Å². The van der Waals surface area contributed by atoms with Crippen LogP contribution in [0.2, 0.25) is 0 Å². The summed E-state index contributed by atoms with van der Waals surface area (Å²) < 4.78 is 22.9. The highest BCUT2D eigenvalue weighted by molar-refractivity contribution is 7.90. The van der Waals surface area contributed by atoms with Gasteiger partial charge in [-0.2, -0.15) is 0 Å². The van der Waals surface area contributed by atoms with Gasteiger partial charge in [-0.05, 0) is 31.0 Å². The van der Waals surface area contributed by atoms with Gasteiger partial charge >= 0.3 is 0 Å². The Morgan fingerprint density at radius 1 is 1.07 bits per heavy atom. The van der Waals surface area contributed by atoms with Crippen LogP contribution in [0.25, 0.3) is 0 Å². The van der Waals surface area contributed by atoms with Crippen molar-refractivity contribution in [1.82, 2.24) is 0 Å². The Morgan fingerprint density at radius 3 is 1.71 bits per heavy atom. The van der Waals surface area contributed by atoms with Crippen LogP contribution in [0.4, 0.5) is 11.4 Å². The fourth-order valence-electron chi connectivity index (χ4n) is 1.48. The van der Waals surface area contributed by atoms with Crippen molar-refractivity contribution in [3.8, 4) is 0 Å². The van der Waals surface area contributed by atoms with Crippen LogP contribution in [-0.2, 0) is 9.84 Å². The first-order valence-electron chi connectivity index (χ1n) is 4.10. The van der Waals surface area contributed by atoms with Crippen LogP contribution in [-0.4, -0.2) is 14.7 Å². The highest BCUT2D eigenvalue weighted by Gasteiger charge is 2.17. The summed E-state index contributed by atoms with van der Waals surface area (Å²) in [5, 5.41) is 0. The zero-order chi connectivity index (χ0) is 11.1. The molecule has 0 aliphatic carbocycles. The predicted molar refractivity (Wildman–Crippen MR) is 57.9 cm³/mol. The van der Waals surface area contributed by atoms with E-state index in [0.29, 0.717) is 22.5 Å². The Balaban J connectivity index is 3.74. The van der Waals surface area contributed by atoms with E-state index in [9.17, 15) is 8.42 Å². The Morgan fingerprint density at radius 2 is 1.43 bits per heavy atom. The van der Waals surface area contributed by atoms with Crippen molar-refractivity contribution in [1.29, 1.82) is 0 Å². The zero-order valence-electron chi connectivity index (χ0n) is 8.46. The largest absolute Gasteiger partial charge is 0.398 e. The summed E-state index contributed by atoms with van der Waals surface area (Å²) in [4.78, 5) is 0.245. The first kappa shape index (κ1) is 10.8. The number of sulfone groups is 1. The van der Waals surface area contributed by atoms with Gasteiger partial charge in [0.05, 0.1) is 4.90 Å². The first-order valence-corrected chi connectivity index (χ1v) is 5.99. The van der Waals surface area contributed by atoms with Gasteiger partial charge in [-0.25, -0.2) is 8.42 Å². The molecule has 0 radical (unpaired) electrons. The molecule has 4 N–H and O–H groups in total. The average Bonchev–Trinajstić information content (AvgIpc) is 1.98. The van der Waals surface area contributed by atoms with Gasteiger partial charge in [-0.3, -0.25) is 0 Å². The maximum atomic E-state index is 11.5. The van der Waals surface area contributed by atoms with Gasteiger partial charge < -0.3 is 11.5 Å². The number of benzene rings is 1. The Labute approximate surface area is 83.8 Å². The van der Waals surface area contributed by atoms with Gasteiger partial charge in [0.25, 0.3) is 0 Å². The summed E-state index contributed by atoms with van der Waals surface area (Å²) in [5.74, 6) is 0. The molecule has 78 valence electrons. The summed E-state index contributed by atoms with van der Waals surface area (Å²) in [7, 11) is -3.27. The van der Waals surface area contributed by atoms with Gasteiger partial charge in [0, 0.05) is 17.6 Å². The van der Waals surface area contributed by atoms with Gasteiger partial charge in [0.15, 0.2) is 9.84 Å². The molecule has 0 bridgehead atoms. The van der Waals surface area contributed by atoms with E-state index in [1.807, 2.05) is 0 Å².